The van der Waals surface area contributed by atoms with E-state index in [1.807, 2.05) is 66.9 Å². The zero-order valence-electron chi connectivity index (χ0n) is 28.0. The number of carbonyl (C=O) groups excluding carboxylic acids is 1. The van der Waals surface area contributed by atoms with Crippen LogP contribution in [0, 0.1) is 13.8 Å². The highest BCUT2D eigenvalue weighted by molar-refractivity contribution is 6.04. The van der Waals surface area contributed by atoms with Crippen LogP contribution >= 0.6 is 0 Å². The largest absolute Gasteiger partial charge is 0.451 e. The second-order valence-corrected chi connectivity index (χ2v) is 13.0. The van der Waals surface area contributed by atoms with Crippen LogP contribution in [0.3, 0.4) is 0 Å². The molecule has 2 aliphatic heterocycles. The first kappa shape index (κ1) is 33.6. The molecule has 5 heterocycles. The van der Waals surface area contributed by atoms with Crippen molar-refractivity contribution in [3.63, 3.8) is 0 Å². The predicted molar refractivity (Wildman–Crippen MR) is 184 cm³/mol. The number of amides is 1. The fourth-order valence-electron chi connectivity index (χ4n) is 6.90. The van der Waals surface area contributed by atoms with Crippen LogP contribution in [0.5, 0.6) is 0 Å². The Balaban J connectivity index is 1.18. The van der Waals surface area contributed by atoms with Crippen molar-refractivity contribution < 1.29 is 23.1 Å². The van der Waals surface area contributed by atoms with Gasteiger partial charge in [-0.2, -0.15) is 18.3 Å². The Hall–Kier alpha value is -4.92. The van der Waals surface area contributed by atoms with Crippen LogP contribution in [0.4, 0.5) is 30.4 Å². The number of aromatic nitrogens is 5. The molecule has 11 nitrogen and oxygen atoms in total. The van der Waals surface area contributed by atoms with Crippen molar-refractivity contribution in [1.29, 1.82) is 0 Å². The van der Waals surface area contributed by atoms with E-state index in [9.17, 15) is 23.1 Å². The number of rotatable bonds is 8. The molecular weight excluding hydrogens is 647 g/mol. The van der Waals surface area contributed by atoms with Crippen molar-refractivity contribution in [2.75, 3.05) is 30.8 Å². The van der Waals surface area contributed by atoms with Crippen LogP contribution in [0.1, 0.15) is 64.0 Å². The SMILES string of the molecule is CN[C@H]1CCCn2nc(C(=O)Nc3cccc(-c4cccc(Nc5nc(C(F)(F)F)nc6cc(CN7CC[C@@H](O)C7)cnc56)c4C)c3C)cc21. The molecule has 3 aromatic heterocycles. The van der Waals surface area contributed by atoms with E-state index in [0.29, 0.717) is 48.7 Å². The van der Waals surface area contributed by atoms with Gasteiger partial charge in [-0.25, -0.2) is 9.97 Å². The summed E-state index contributed by atoms with van der Waals surface area (Å²) < 4.78 is 43.9. The van der Waals surface area contributed by atoms with E-state index >= 15 is 0 Å². The number of hydrogen-bond donors (Lipinski definition) is 4. The molecule has 0 aliphatic carbocycles. The van der Waals surface area contributed by atoms with Crippen molar-refractivity contribution in [2.24, 2.45) is 0 Å². The molecule has 5 aromatic rings. The maximum Gasteiger partial charge on any atom is 0.451 e. The van der Waals surface area contributed by atoms with Crippen molar-refractivity contribution in [1.82, 2.24) is 34.9 Å². The molecule has 0 bridgehead atoms. The van der Waals surface area contributed by atoms with E-state index < -0.39 is 18.1 Å². The molecule has 50 heavy (non-hydrogen) atoms. The minimum absolute atomic E-state index is 0.0632. The Morgan fingerprint density at radius 1 is 1.00 bits per heavy atom. The number of anilines is 3. The molecule has 0 saturated carbocycles. The van der Waals surface area contributed by atoms with Crippen molar-refractivity contribution in [3.8, 4) is 11.1 Å². The van der Waals surface area contributed by atoms with Gasteiger partial charge in [0.25, 0.3) is 5.91 Å². The van der Waals surface area contributed by atoms with Gasteiger partial charge in [0, 0.05) is 49.8 Å². The molecule has 0 spiro atoms. The summed E-state index contributed by atoms with van der Waals surface area (Å²) in [7, 11) is 1.90. The lowest BCUT2D eigenvalue weighted by Gasteiger charge is -2.22. The van der Waals surface area contributed by atoms with E-state index in [0.717, 1.165) is 47.3 Å². The van der Waals surface area contributed by atoms with E-state index in [1.54, 1.807) is 18.3 Å². The number of halogens is 3. The number of aliphatic hydroxyl groups excluding tert-OH is 1. The van der Waals surface area contributed by atoms with Crippen LogP contribution in [0.25, 0.3) is 22.2 Å². The number of carbonyl (C=O) groups is 1. The van der Waals surface area contributed by atoms with Gasteiger partial charge in [-0.15, -0.1) is 0 Å². The third-order valence-electron chi connectivity index (χ3n) is 9.57. The fraction of sp³-hybridized carbons (Fsp3) is 0.361. The van der Waals surface area contributed by atoms with Gasteiger partial charge in [0.05, 0.1) is 17.3 Å². The van der Waals surface area contributed by atoms with E-state index in [2.05, 4.69) is 36.0 Å². The molecule has 4 N–H and O–H groups in total. The van der Waals surface area contributed by atoms with Gasteiger partial charge < -0.3 is 21.1 Å². The number of aryl methyl sites for hydroxylation is 1. The fourth-order valence-corrected chi connectivity index (χ4v) is 6.90. The third-order valence-corrected chi connectivity index (χ3v) is 9.57. The number of pyridine rings is 1. The molecule has 1 saturated heterocycles. The Morgan fingerprint density at radius 3 is 2.44 bits per heavy atom. The lowest BCUT2D eigenvalue weighted by atomic mass is 9.94. The maximum absolute atomic E-state index is 14.0. The molecule has 1 amide bonds. The van der Waals surface area contributed by atoms with Crippen LogP contribution in [0.2, 0.25) is 0 Å². The van der Waals surface area contributed by atoms with E-state index in [4.69, 9.17) is 0 Å². The zero-order valence-corrected chi connectivity index (χ0v) is 28.0. The predicted octanol–water partition coefficient (Wildman–Crippen LogP) is 6.14. The summed E-state index contributed by atoms with van der Waals surface area (Å²) in [4.78, 5) is 27.6. The average molecular weight is 686 g/mol. The summed E-state index contributed by atoms with van der Waals surface area (Å²) >= 11 is 0. The molecule has 260 valence electrons. The van der Waals surface area contributed by atoms with Gasteiger partial charge in [-0.3, -0.25) is 19.4 Å². The quantitative estimate of drug-likeness (QED) is 0.152. The van der Waals surface area contributed by atoms with E-state index in [-0.39, 0.29) is 28.8 Å². The van der Waals surface area contributed by atoms with Crippen molar-refractivity contribution >= 4 is 34.1 Å². The topological polar surface area (TPSA) is 133 Å². The smallest absolute Gasteiger partial charge is 0.392 e. The molecular formula is C36H38F3N9O2. The number of nitrogens with zero attached hydrogens (tertiary/aromatic N) is 6. The van der Waals surface area contributed by atoms with Crippen LogP contribution in [-0.2, 0) is 19.3 Å². The summed E-state index contributed by atoms with van der Waals surface area (Å²) in [5.41, 5.74) is 6.75. The molecule has 1 fully saturated rings. The number of aliphatic hydroxyl groups is 1. The Morgan fingerprint density at radius 2 is 1.74 bits per heavy atom. The Labute approximate surface area is 287 Å². The first-order valence-corrected chi connectivity index (χ1v) is 16.7. The minimum atomic E-state index is -4.77. The summed E-state index contributed by atoms with van der Waals surface area (Å²) in [5.74, 6) is -1.64. The highest BCUT2D eigenvalue weighted by Gasteiger charge is 2.36. The van der Waals surface area contributed by atoms with Gasteiger partial charge in [0.15, 0.2) is 11.5 Å². The standard InChI is InChI=1S/C36H38F3N9O2/c1-20-24(25-8-5-10-27(21(25)2)43-34(50)30-16-31-28(40-3)11-6-13-48(31)46-30)7-4-9-26(20)42-33-32-29(44-35(45-33)36(37,38)39)15-22(17-41-32)18-47-14-12-23(49)19-47/h4-5,7-10,15-17,23,28,40,49H,6,11-14,18-19H2,1-3H3,(H,43,50)(H,42,44,45)/t23-,28+/m1/s1. The zero-order chi connectivity index (χ0) is 35.2. The third kappa shape index (κ3) is 6.65. The summed E-state index contributed by atoms with van der Waals surface area (Å²) in [5, 5.41) is 23.9. The summed E-state index contributed by atoms with van der Waals surface area (Å²) in [6.07, 6.45) is -0.965. The number of fused-ring (bicyclic) bond motifs is 2. The molecule has 2 atom stereocenters. The number of alkyl halides is 3. The van der Waals surface area contributed by atoms with Crippen molar-refractivity contribution in [3.05, 3.63) is 88.6 Å². The normalized spacial score (nSPS) is 18.0. The van der Waals surface area contributed by atoms with Crippen LogP contribution in [-0.4, -0.2) is 66.9 Å². The monoisotopic (exact) mass is 685 g/mol. The number of nitrogens with one attached hydrogen (secondary N) is 3. The van der Waals surface area contributed by atoms with Gasteiger partial charge in [-0.1, -0.05) is 24.3 Å². The van der Waals surface area contributed by atoms with Gasteiger partial charge in [0.2, 0.25) is 5.82 Å². The van der Waals surface area contributed by atoms with Crippen LogP contribution in [0.15, 0.2) is 54.7 Å². The number of benzene rings is 2. The Bertz CT molecular complexity index is 2080. The van der Waals surface area contributed by atoms with Gasteiger partial charge >= 0.3 is 6.18 Å². The maximum atomic E-state index is 14.0. The second kappa shape index (κ2) is 13.4. The minimum Gasteiger partial charge on any atom is -0.392 e. The molecule has 2 aromatic carbocycles. The number of likely N-dealkylation sites (tertiary alicyclic amines) is 1. The lowest BCUT2D eigenvalue weighted by molar-refractivity contribution is -0.144. The molecule has 2 aliphatic rings. The first-order chi connectivity index (χ1) is 24.0. The number of hydrogen-bond acceptors (Lipinski definition) is 9. The average Bonchev–Trinajstić information content (AvgIpc) is 3.72. The van der Waals surface area contributed by atoms with E-state index in [1.165, 1.54) is 0 Å². The van der Waals surface area contributed by atoms with Gasteiger partial charge in [0.1, 0.15) is 5.52 Å². The Kier molecular flexibility index (Phi) is 9.01. The number of β-amino-alcohol motifs (C(OH)–C–C–N with tert-alkyl or cyclic N) is 1. The second-order valence-electron chi connectivity index (χ2n) is 13.0. The molecule has 7 rings (SSSR count). The summed E-state index contributed by atoms with van der Waals surface area (Å²) in [6, 6.07) is 14.7. The molecule has 0 unspecified atom stereocenters. The van der Waals surface area contributed by atoms with Crippen LogP contribution < -0.4 is 16.0 Å². The lowest BCUT2D eigenvalue weighted by Crippen LogP contribution is -2.24. The first-order valence-electron chi connectivity index (χ1n) is 16.7. The highest BCUT2D eigenvalue weighted by atomic mass is 19.4. The molecule has 14 heteroatoms. The summed E-state index contributed by atoms with van der Waals surface area (Å²) in [6.45, 7) is 6.18. The highest BCUT2D eigenvalue weighted by Crippen LogP contribution is 2.37. The van der Waals surface area contributed by atoms with Crippen molar-refractivity contribution in [2.45, 2.75) is 64.5 Å². The van der Waals surface area contributed by atoms with Gasteiger partial charge in [-0.05, 0) is 92.2 Å². The molecule has 0 radical (unpaired) electrons.